The third-order valence-electron chi connectivity index (χ3n) is 8.97. The predicted octanol–water partition coefficient (Wildman–Crippen LogP) is 5.01. The fraction of sp³-hybridized carbons (Fsp3) is 0.581. The summed E-state index contributed by atoms with van der Waals surface area (Å²) >= 11 is 0. The molecule has 224 valence electrons. The summed E-state index contributed by atoms with van der Waals surface area (Å²) in [5, 5.41) is 22.2. The molecule has 0 radical (unpaired) electrons. The fourth-order valence-corrected chi connectivity index (χ4v) is 6.47. The number of aliphatic hydroxyl groups is 2. The van der Waals surface area contributed by atoms with E-state index in [2.05, 4.69) is 16.3 Å². The van der Waals surface area contributed by atoms with Gasteiger partial charge in [-0.3, -0.25) is 9.69 Å². The van der Waals surface area contributed by atoms with Crippen molar-refractivity contribution >= 4 is 5.91 Å². The second kappa shape index (κ2) is 12.4. The van der Waals surface area contributed by atoms with Gasteiger partial charge in [-0.25, -0.2) is 4.39 Å². The lowest BCUT2D eigenvalue weighted by Crippen LogP contribution is -2.57. The standard InChI is InChI=1S/C31H38F4N2O4/c32-26-15-20(14-25(17-26)31(33,34)35)18-36-29(40)30(24-6-7-24)11-8-27(19-41-30)37-12-9-21(10-13-37)22-4-2-1-3-5-23(16-22)28(38)39/h1-2,4,14-17,21,24,27-28,38-39H,3,5-13,18-19H2,(H,36,40)/b2-1-,22-4+,23-16+/t27?,30-/m0/s1. The maximum Gasteiger partial charge on any atom is 0.416 e. The second-order valence-electron chi connectivity index (χ2n) is 11.7. The average molecular weight is 579 g/mol. The Balaban J connectivity index is 1.16. The average Bonchev–Trinajstić information content (AvgIpc) is 3.77. The highest BCUT2D eigenvalue weighted by Gasteiger charge is 2.54. The Hall–Kier alpha value is -2.53. The smallest absolute Gasteiger partial charge is 0.365 e. The van der Waals surface area contributed by atoms with Gasteiger partial charge in [-0.15, -0.1) is 0 Å². The second-order valence-corrected chi connectivity index (χ2v) is 11.7. The third kappa shape index (κ3) is 7.10. The highest BCUT2D eigenvalue weighted by atomic mass is 19.4. The quantitative estimate of drug-likeness (QED) is 0.313. The van der Waals surface area contributed by atoms with E-state index in [0.29, 0.717) is 37.0 Å². The van der Waals surface area contributed by atoms with E-state index in [9.17, 15) is 32.6 Å². The van der Waals surface area contributed by atoms with E-state index in [-0.39, 0.29) is 30.0 Å². The molecule has 2 aliphatic carbocycles. The van der Waals surface area contributed by atoms with Crippen LogP contribution < -0.4 is 5.32 Å². The summed E-state index contributed by atoms with van der Waals surface area (Å²) in [4.78, 5) is 15.8. The van der Waals surface area contributed by atoms with Gasteiger partial charge in [0.25, 0.3) is 5.91 Å². The molecule has 10 heteroatoms. The maximum absolute atomic E-state index is 13.8. The topological polar surface area (TPSA) is 82.0 Å². The van der Waals surface area contributed by atoms with E-state index < -0.39 is 29.4 Å². The van der Waals surface area contributed by atoms with Crippen molar-refractivity contribution in [1.29, 1.82) is 0 Å². The van der Waals surface area contributed by atoms with Gasteiger partial charge in [0.15, 0.2) is 6.29 Å². The van der Waals surface area contributed by atoms with Gasteiger partial charge < -0.3 is 20.3 Å². The molecule has 1 unspecified atom stereocenters. The number of piperidine rings is 1. The van der Waals surface area contributed by atoms with Crippen LogP contribution in [0.15, 0.2) is 53.6 Å². The lowest BCUT2D eigenvalue weighted by Gasteiger charge is -2.45. The van der Waals surface area contributed by atoms with Crippen molar-refractivity contribution in [2.24, 2.45) is 11.8 Å². The van der Waals surface area contributed by atoms with Crippen molar-refractivity contribution in [3.05, 3.63) is 70.6 Å². The number of carbonyl (C=O) groups excluding carboxylic acids is 1. The number of amides is 1. The number of ether oxygens (including phenoxy) is 1. The van der Waals surface area contributed by atoms with Gasteiger partial charge in [0.05, 0.1) is 12.2 Å². The number of nitrogens with zero attached hydrogens (tertiary/aromatic N) is 1. The van der Waals surface area contributed by atoms with Crippen LogP contribution in [-0.2, 0) is 22.3 Å². The van der Waals surface area contributed by atoms with Crippen LogP contribution in [0.4, 0.5) is 17.6 Å². The molecule has 2 heterocycles. The molecule has 2 saturated heterocycles. The predicted molar refractivity (Wildman–Crippen MR) is 145 cm³/mol. The SMILES string of the molecule is O=C(NCc1cc(F)cc(C(F)(F)F)c1)[C@@]1(C2CC2)CCC(N2CCC(C3=C/C=C\CC/C(C(O)O)=C\3)CC2)CO1. The summed E-state index contributed by atoms with van der Waals surface area (Å²) in [7, 11) is 0. The number of rotatable bonds is 7. The summed E-state index contributed by atoms with van der Waals surface area (Å²) in [6.07, 6.45) is 8.28. The zero-order valence-electron chi connectivity index (χ0n) is 23.0. The lowest BCUT2D eigenvalue weighted by molar-refractivity contribution is -0.165. The molecule has 0 aromatic heterocycles. The van der Waals surface area contributed by atoms with Crippen LogP contribution in [0.25, 0.3) is 0 Å². The number of alkyl halides is 3. The van der Waals surface area contributed by atoms with E-state index in [1.165, 1.54) is 0 Å². The lowest BCUT2D eigenvalue weighted by atomic mass is 9.83. The minimum absolute atomic E-state index is 0.0542. The highest BCUT2D eigenvalue weighted by molar-refractivity contribution is 5.86. The van der Waals surface area contributed by atoms with E-state index >= 15 is 0 Å². The number of carbonyl (C=O) groups is 1. The first-order valence-corrected chi connectivity index (χ1v) is 14.5. The molecule has 3 N–H and O–H groups in total. The summed E-state index contributed by atoms with van der Waals surface area (Å²) in [6.45, 7) is 1.94. The van der Waals surface area contributed by atoms with Crippen LogP contribution in [0.2, 0.25) is 0 Å². The summed E-state index contributed by atoms with van der Waals surface area (Å²) in [5.74, 6) is -0.932. The zero-order valence-corrected chi connectivity index (χ0v) is 23.0. The first-order chi connectivity index (χ1) is 19.5. The van der Waals surface area contributed by atoms with Gasteiger partial charge in [-0.1, -0.05) is 24.3 Å². The van der Waals surface area contributed by atoms with Gasteiger partial charge in [0, 0.05) is 12.6 Å². The number of allylic oxidation sites excluding steroid dienone is 5. The molecule has 0 spiro atoms. The van der Waals surface area contributed by atoms with Crippen LogP contribution in [-0.4, -0.2) is 58.6 Å². The van der Waals surface area contributed by atoms with Crippen LogP contribution in [0.5, 0.6) is 0 Å². The normalized spacial score (nSPS) is 30.1. The molecule has 2 atom stereocenters. The Morgan fingerprint density at radius 1 is 1.12 bits per heavy atom. The maximum atomic E-state index is 13.8. The Kier molecular flexibility index (Phi) is 9.04. The summed E-state index contributed by atoms with van der Waals surface area (Å²) in [6, 6.07) is 2.49. The number of nitrogens with one attached hydrogen (secondary N) is 1. The molecule has 1 aromatic carbocycles. The summed E-state index contributed by atoms with van der Waals surface area (Å²) in [5.41, 5.74) is -0.273. The van der Waals surface area contributed by atoms with Gasteiger partial charge in [-0.2, -0.15) is 13.2 Å². The van der Waals surface area contributed by atoms with E-state index in [4.69, 9.17) is 4.74 Å². The van der Waals surface area contributed by atoms with Crippen molar-refractivity contribution in [3.8, 4) is 0 Å². The Labute approximate surface area is 237 Å². The minimum Gasteiger partial charge on any atom is -0.365 e. The largest absolute Gasteiger partial charge is 0.416 e. The molecular weight excluding hydrogens is 540 g/mol. The molecular formula is C31H38F4N2O4. The van der Waals surface area contributed by atoms with Crippen LogP contribution in [0.3, 0.4) is 0 Å². The molecule has 4 aliphatic rings. The summed E-state index contributed by atoms with van der Waals surface area (Å²) < 4.78 is 59.4. The highest BCUT2D eigenvalue weighted by Crippen LogP contribution is 2.47. The molecule has 3 fully saturated rings. The molecule has 1 saturated carbocycles. The Morgan fingerprint density at radius 3 is 2.51 bits per heavy atom. The molecule has 2 aliphatic heterocycles. The number of benzene rings is 1. The number of halogens is 4. The van der Waals surface area contributed by atoms with E-state index in [0.717, 1.165) is 69.3 Å². The van der Waals surface area contributed by atoms with Gasteiger partial charge in [-0.05, 0) is 111 Å². The van der Waals surface area contributed by atoms with Gasteiger partial charge >= 0.3 is 6.18 Å². The molecule has 5 rings (SSSR count). The fourth-order valence-electron chi connectivity index (χ4n) is 6.47. The first-order valence-electron chi connectivity index (χ1n) is 14.5. The zero-order chi connectivity index (χ0) is 29.2. The number of likely N-dealkylation sites (tertiary alicyclic amines) is 1. The van der Waals surface area contributed by atoms with E-state index in [1.54, 1.807) is 0 Å². The van der Waals surface area contributed by atoms with Crippen molar-refractivity contribution in [3.63, 3.8) is 0 Å². The molecule has 41 heavy (non-hydrogen) atoms. The molecule has 0 bridgehead atoms. The van der Waals surface area contributed by atoms with Crippen molar-refractivity contribution < 1.29 is 37.3 Å². The molecule has 6 nitrogen and oxygen atoms in total. The van der Waals surface area contributed by atoms with Gasteiger partial charge in [0.2, 0.25) is 0 Å². The third-order valence-corrected chi connectivity index (χ3v) is 8.97. The number of aliphatic hydroxyl groups excluding tert-OH is 1. The Bertz CT molecular complexity index is 1190. The van der Waals surface area contributed by atoms with Crippen LogP contribution >= 0.6 is 0 Å². The number of hydrogen-bond acceptors (Lipinski definition) is 5. The van der Waals surface area contributed by atoms with Crippen LogP contribution in [0.1, 0.15) is 62.5 Å². The minimum atomic E-state index is -4.67. The Morgan fingerprint density at radius 2 is 1.88 bits per heavy atom. The van der Waals surface area contributed by atoms with Crippen molar-refractivity contribution in [2.75, 3.05) is 19.7 Å². The molecule has 1 aromatic rings. The van der Waals surface area contributed by atoms with Crippen molar-refractivity contribution in [2.45, 2.75) is 82.0 Å². The van der Waals surface area contributed by atoms with Crippen LogP contribution in [0, 0.1) is 17.7 Å². The monoisotopic (exact) mass is 578 g/mol. The number of hydrogen-bond donors (Lipinski definition) is 3. The first kappa shape index (κ1) is 29.9. The van der Waals surface area contributed by atoms with E-state index in [1.807, 2.05) is 18.2 Å². The molecule has 1 amide bonds. The van der Waals surface area contributed by atoms with Gasteiger partial charge in [0.1, 0.15) is 11.4 Å². The van der Waals surface area contributed by atoms with Crippen molar-refractivity contribution in [1.82, 2.24) is 10.2 Å².